The minimum Gasteiger partial charge on any atom is -0.472 e. The second kappa shape index (κ2) is 8.95. The Balaban J connectivity index is 1.44. The topological polar surface area (TPSA) is 144 Å². The molecule has 1 spiro atoms. The third-order valence-electron chi connectivity index (χ3n) is 9.86. The minimum atomic E-state index is -1.02. The second-order valence-corrected chi connectivity index (χ2v) is 12.2. The van der Waals surface area contributed by atoms with Gasteiger partial charge in [-0.1, -0.05) is 20.8 Å². The molecule has 1 unspecified atom stereocenters. The Bertz CT molecular complexity index is 1010. The fourth-order valence-corrected chi connectivity index (χ4v) is 7.78. The van der Waals surface area contributed by atoms with E-state index in [0.29, 0.717) is 19.4 Å². The van der Waals surface area contributed by atoms with Gasteiger partial charge < -0.3 is 34.5 Å². The van der Waals surface area contributed by atoms with Crippen LogP contribution < -0.4 is 5.73 Å². The van der Waals surface area contributed by atoms with Crippen LogP contribution in [0, 0.1) is 40.4 Å². The molecule has 0 aromatic carbocycles. The molecule has 0 aromatic heterocycles. The first-order chi connectivity index (χ1) is 17.3. The van der Waals surface area contributed by atoms with Gasteiger partial charge in [0.05, 0.1) is 24.4 Å². The zero-order valence-electron chi connectivity index (χ0n) is 22.3. The molecule has 5 aliphatic rings. The minimum absolute atomic E-state index is 0.0762. The third kappa shape index (κ3) is 3.66. The lowest BCUT2D eigenvalue weighted by atomic mass is 9.61. The highest BCUT2D eigenvalue weighted by molar-refractivity contribution is 5.82. The fraction of sp³-hybridized carbons (Fsp3) is 0.815. The van der Waals surface area contributed by atoms with E-state index in [1.165, 1.54) is 6.92 Å². The van der Waals surface area contributed by atoms with Crippen molar-refractivity contribution in [2.24, 2.45) is 46.2 Å². The van der Waals surface area contributed by atoms with E-state index in [1.807, 2.05) is 34.6 Å². The van der Waals surface area contributed by atoms with Gasteiger partial charge >= 0.3 is 17.9 Å². The zero-order chi connectivity index (χ0) is 27.0. The Labute approximate surface area is 217 Å². The molecule has 3 bridgehead atoms. The van der Waals surface area contributed by atoms with Gasteiger partial charge in [0.25, 0.3) is 0 Å². The molecule has 10 nitrogen and oxygen atoms in total. The molecule has 0 radical (unpaired) electrons. The number of aliphatic hydroxyl groups is 1. The van der Waals surface area contributed by atoms with Crippen molar-refractivity contribution in [3.63, 3.8) is 0 Å². The fourth-order valence-electron chi connectivity index (χ4n) is 7.78. The highest BCUT2D eigenvalue weighted by Gasteiger charge is 2.82. The highest BCUT2D eigenvalue weighted by Crippen LogP contribution is 2.77. The molecule has 3 saturated carbocycles. The van der Waals surface area contributed by atoms with E-state index >= 15 is 0 Å². The summed E-state index contributed by atoms with van der Waals surface area (Å²) in [6, 6.07) is -0.789. The molecule has 1 saturated heterocycles. The van der Waals surface area contributed by atoms with Crippen LogP contribution in [0.4, 0.5) is 0 Å². The lowest BCUT2D eigenvalue weighted by molar-refractivity contribution is -0.213. The molecule has 5 rings (SSSR count). The van der Waals surface area contributed by atoms with E-state index in [-0.39, 0.29) is 41.7 Å². The molecule has 37 heavy (non-hydrogen) atoms. The zero-order valence-corrected chi connectivity index (χ0v) is 22.3. The van der Waals surface area contributed by atoms with Gasteiger partial charge in [0.2, 0.25) is 6.29 Å². The average molecular weight is 522 g/mol. The third-order valence-corrected chi connectivity index (χ3v) is 9.86. The van der Waals surface area contributed by atoms with Crippen LogP contribution in [-0.2, 0) is 38.1 Å². The lowest BCUT2D eigenvalue weighted by Crippen LogP contribution is -2.59. The summed E-state index contributed by atoms with van der Waals surface area (Å²) in [5.74, 6) is -2.36. The molecule has 4 fully saturated rings. The Morgan fingerprint density at radius 1 is 1.24 bits per heavy atom. The predicted octanol–water partition coefficient (Wildman–Crippen LogP) is 1.67. The van der Waals surface area contributed by atoms with Gasteiger partial charge in [-0.15, -0.1) is 0 Å². The van der Waals surface area contributed by atoms with Crippen LogP contribution in [0.25, 0.3) is 0 Å². The van der Waals surface area contributed by atoms with Gasteiger partial charge in [0.1, 0.15) is 18.2 Å². The summed E-state index contributed by atoms with van der Waals surface area (Å²) < 4.78 is 29.5. The van der Waals surface area contributed by atoms with Crippen molar-refractivity contribution < 1.29 is 43.2 Å². The van der Waals surface area contributed by atoms with Crippen molar-refractivity contribution in [2.75, 3.05) is 6.61 Å². The van der Waals surface area contributed by atoms with Crippen LogP contribution in [0.2, 0.25) is 0 Å². The SMILES string of the molecule is CC(=O)O[C@@H](C)[C@H](C)CO[C@@H]1OC=C2[C@H]3OC(=O)[C@]4(C)[C@@H](C[C@]25[C@@H]1C[C@@H](O)[C@@H]45)C3OC(=O)[C@@H](N)C(C)C. The average Bonchev–Trinajstić information content (AvgIpc) is 3.23. The van der Waals surface area contributed by atoms with Crippen LogP contribution in [0.15, 0.2) is 11.8 Å². The Kier molecular flexibility index (Phi) is 6.39. The quantitative estimate of drug-likeness (QED) is 0.358. The van der Waals surface area contributed by atoms with Crippen LogP contribution in [0.5, 0.6) is 0 Å². The molecule has 3 aliphatic carbocycles. The van der Waals surface area contributed by atoms with Crippen LogP contribution in [-0.4, -0.2) is 66.4 Å². The van der Waals surface area contributed by atoms with Crippen molar-refractivity contribution >= 4 is 17.9 Å². The molecular weight excluding hydrogens is 482 g/mol. The summed E-state index contributed by atoms with van der Waals surface area (Å²) in [6.07, 6.45) is -0.638. The second-order valence-electron chi connectivity index (χ2n) is 12.2. The first-order valence-corrected chi connectivity index (χ1v) is 13.3. The summed E-state index contributed by atoms with van der Waals surface area (Å²) in [4.78, 5) is 37.6. The van der Waals surface area contributed by atoms with E-state index in [1.54, 1.807) is 6.26 Å². The van der Waals surface area contributed by atoms with Crippen molar-refractivity contribution in [3.05, 3.63) is 11.8 Å². The monoisotopic (exact) mass is 521 g/mol. The number of aliphatic hydroxyl groups excluding tert-OH is 1. The van der Waals surface area contributed by atoms with Crippen molar-refractivity contribution in [2.45, 2.75) is 91.1 Å². The smallest absolute Gasteiger partial charge is 0.323 e. The van der Waals surface area contributed by atoms with E-state index in [0.717, 1.165) is 5.57 Å². The number of carbonyl (C=O) groups is 3. The summed E-state index contributed by atoms with van der Waals surface area (Å²) in [5, 5.41) is 11.4. The Hall–Kier alpha value is -2.17. The normalized spacial score (nSPS) is 43.3. The highest BCUT2D eigenvalue weighted by atomic mass is 16.7. The standard InChI is InChI=1S/C27H39NO9/c1-11(2)19(28)23(31)36-20-16-8-27-15-7-18(30)22(27)26(16,6)25(32)37-21(20)17(27)10-34-24(15)33-9-12(3)13(4)35-14(5)29/h10-13,15-16,18-22,24,30H,7-9,28H2,1-6H3/t12-,13+,15-,16+,18-,19+,20?,21-,22+,24-,26-,27+/m1/s1. The summed E-state index contributed by atoms with van der Waals surface area (Å²) in [5.41, 5.74) is 5.23. The molecule has 2 aliphatic heterocycles. The maximum Gasteiger partial charge on any atom is 0.323 e. The molecule has 10 heteroatoms. The van der Waals surface area contributed by atoms with Crippen molar-refractivity contribution in [3.8, 4) is 0 Å². The van der Waals surface area contributed by atoms with E-state index in [9.17, 15) is 19.5 Å². The van der Waals surface area contributed by atoms with Crippen molar-refractivity contribution in [1.82, 2.24) is 0 Å². The number of hydrogen-bond donors (Lipinski definition) is 2. The number of esters is 3. The maximum absolute atomic E-state index is 13.4. The predicted molar refractivity (Wildman–Crippen MR) is 128 cm³/mol. The van der Waals surface area contributed by atoms with E-state index in [2.05, 4.69) is 0 Å². The molecule has 12 atom stereocenters. The summed E-state index contributed by atoms with van der Waals surface area (Å²) in [6.45, 7) is 11.0. The number of nitrogens with two attached hydrogens (primary N) is 1. The van der Waals surface area contributed by atoms with Gasteiger partial charge in [-0.25, -0.2) is 0 Å². The number of ether oxygens (including phenoxy) is 5. The molecule has 206 valence electrons. The molecule has 0 amide bonds. The van der Waals surface area contributed by atoms with Crippen LogP contribution >= 0.6 is 0 Å². The van der Waals surface area contributed by atoms with Gasteiger partial charge in [-0.3, -0.25) is 14.4 Å². The van der Waals surface area contributed by atoms with Gasteiger partial charge in [0.15, 0.2) is 6.10 Å². The van der Waals surface area contributed by atoms with E-state index < -0.39 is 53.4 Å². The largest absolute Gasteiger partial charge is 0.472 e. The molecule has 0 aromatic rings. The number of carbonyl (C=O) groups excluding carboxylic acids is 3. The summed E-state index contributed by atoms with van der Waals surface area (Å²) >= 11 is 0. The first-order valence-electron chi connectivity index (χ1n) is 13.3. The van der Waals surface area contributed by atoms with Crippen molar-refractivity contribution in [1.29, 1.82) is 0 Å². The van der Waals surface area contributed by atoms with Crippen LogP contribution in [0.1, 0.15) is 54.4 Å². The van der Waals surface area contributed by atoms with Gasteiger partial charge in [0, 0.05) is 41.6 Å². The van der Waals surface area contributed by atoms with Crippen LogP contribution in [0.3, 0.4) is 0 Å². The number of fused-ring (bicyclic) bond motifs is 3. The van der Waals surface area contributed by atoms with Gasteiger partial charge in [-0.2, -0.15) is 0 Å². The summed E-state index contributed by atoms with van der Waals surface area (Å²) in [7, 11) is 0. The number of hydrogen-bond acceptors (Lipinski definition) is 10. The molecule has 3 N–H and O–H groups in total. The first kappa shape index (κ1) is 26.4. The molecular formula is C27H39NO9. The molecule has 2 heterocycles. The van der Waals surface area contributed by atoms with E-state index in [4.69, 9.17) is 29.4 Å². The Morgan fingerprint density at radius 2 is 1.95 bits per heavy atom. The van der Waals surface area contributed by atoms with Gasteiger partial charge in [-0.05, 0) is 32.6 Å². The lowest BCUT2D eigenvalue weighted by Gasteiger charge is -2.51. The maximum atomic E-state index is 13.4. The number of rotatable bonds is 8. The Morgan fingerprint density at radius 3 is 2.59 bits per heavy atom.